The van der Waals surface area contributed by atoms with E-state index in [1.165, 1.54) is 0 Å². The molecular formula is C9H17N3. The first kappa shape index (κ1) is 9.50. The van der Waals surface area contributed by atoms with Crippen molar-refractivity contribution in [1.82, 2.24) is 4.90 Å². The van der Waals surface area contributed by atoms with Gasteiger partial charge in [-0.25, -0.2) is 0 Å². The fraction of sp³-hybridized carbons (Fsp3) is 0.889. The highest BCUT2D eigenvalue weighted by Crippen LogP contribution is 2.16. The van der Waals surface area contributed by atoms with Crippen molar-refractivity contribution in [2.24, 2.45) is 11.7 Å². The van der Waals surface area contributed by atoms with Gasteiger partial charge in [-0.2, -0.15) is 5.26 Å². The fourth-order valence-electron chi connectivity index (χ4n) is 1.84. The zero-order chi connectivity index (χ0) is 9.14. The highest BCUT2D eigenvalue weighted by molar-refractivity contribution is 4.92. The van der Waals surface area contributed by atoms with Crippen LogP contribution in [0, 0.1) is 17.2 Å². The summed E-state index contributed by atoms with van der Waals surface area (Å²) in [5.41, 5.74) is 5.86. The Morgan fingerprint density at radius 2 is 2.25 bits per heavy atom. The summed E-state index contributed by atoms with van der Waals surface area (Å²) in [5, 5.41) is 8.73. The Balaban J connectivity index is 2.50. The van der Waals surface area contributed by atoms with Crippen LogP contribution in [-0.2, 0) is 0 Å². The third kappa shape index (κ3) is 2.20. The second-order valence-corrected chi connectivity index (χ2v) is 3.86. The minimum absolute atomic E-state index is 0.0128. The summed E-state index contributed by atoms with van der Waals surface area (Å²) < 4.78 is 0. The summed E-state index contributed by atoms with van der Waals surface area (Å²) in [6, 6.07) is 2.51. The topological polar surface area (TPSA) is 53.0 Å². The summed E-state index contributed by atoms with van der Waals surface area (Å²) in [4.78, 5) is 2.17. The third-order valence-corrected chi connectivity index (χ3v) is 2.45. The quantitative estimate of drug-likeness (QED) is 0.621. The van der Waals surface area contributed by atoms with Crippen molar-refractivity contribution in [3.05, 3.63) is 0 Å². The van der Waals surface area contributed by atoms with E-state index in [1.807, 2.05) is 6.92 Å². The first-order valence-electron chi connectivity index (χ1n) is 4.52. The Hall–Kier alpha value is -0.590. The van der Waals surface area contributed by atoms with Gasteiger partial charge in [0.2, 0.25) is 0 Å². The summed E-state index contributed by atoms with van der Waals surface area (Å²) >= 11 is 0. The monoisotopic (exact) mass is 167 g/mol. The molecule has 68 valence electrons. The Bertz CT molecular complexity index is 175. The second kappa shape index (κ2) is 3.88. The van der Waals surface area contributed by atoms with E-state index in [1.54, 1.807) is 0 Å². The van der Waals surface area contributed by atoms with E-state index in [0.717, 1.165) is 19.5 Å². The summed E-state index contributed by atoms with van der Waals surface area (Å²) in [5.74, 6) is 0.629. The van der Waals surface area contributed by atoms with Gasteiger partial charge < -0.3 is 5.73 Å². The molecular weight excluding hydrogens is 150 g/mol. The van der Waals surface area contributed by atoms with Gasteiger partial charge in [0.1, 0.15) is 0 Å². The van der Waals surface area contributed by atoms with E-state index in [-0.39, 0.29) is 12.1 Å². The van der Waals surface area contributed by atoms with Gasteiger partial charge in [0.25, 0.3) is 0 Å². The number of rotatable bonds is 1. The molecule has 0 aromatic heterocycles. The molecule has 0 bridgehead atoms. The van der Waals surface area contributed by atoms with Crippen molar-refractivity contribution in [3.63, 3.8) is 0 Å². The molecule has 0 radical (unpaired) electrons. The van der Waals surface area contributed by atoms with Gasteiger partial charge in [0.15, 0.2) is 0 Å². The molecule has 1 fully saturated rings. The lowest BCUT2D eigenvalue weighted by Crippen LogP contribution is -2.49. The van der Waals surface area contributed by atoms with E-state index in [2.05, 4.69) is 17.9 Å². The van der Waals surface area contributed by atoms with Gasteiger partial charge in [-0.15, -0.1) is 0 Å². The van der Waals surface area contributed by atoms with E-state index in [4.69, 9.17) is 11.0 Å². The van der Waals surface area contributed by atoms with Gasteiger partial charge >= 0.3 is 0 Å². The molecule has 1 rings (SSSR count). The Kier molecular flexibility index (Phi) is 3.07. The summed E-state index contributed by atoms with van der Waals surface area (Å²) in [6.07, 6.45) is 1.09. The average molecular weight is 167 g/mol. The molecule has 3 atom stereocenters. The zero-order valence-electron chi connectivity index (χ0n) is 7.83. The molecule has 0 spiro atoms. The van der Waals surface area contributed by atoms with Crippen molar-refractivity contribution < 1.29 is 0 Å². The molecule has 0 aliphatic carbocycles. The van der Waals surface area contributed by atoms with Crippen LogP contribution in [0.15, 0.2) is 0 Å². The van der Waals surface area contributed by atoms with Gasteiger partial charge in [-0.3, -0.25) is 4.90 Å². The first-order chi connectivity index (χ1) is 5.63. The van der Waals surface area contributed by atoms with Crippen molar-refractivity contribution >= 4 is 0 Å². The number of piperidine rings is 1. The molecule has 0 aromatic rings. The lowest BCUT2D eigenvalue weighted by molar-refractivity contribution is 0.147. The Morgan fingerprint density at radius 1 is 1.58 bits per heavy atom. The highest BCUT2D eigenvalue weighted by atomic mass is 15.2. The maximum Gasteiger partial charge on any atom is 0.0949 e. The highest BCUT2D eigenvalue weighted by Gasteiger charge is 2.24. The van der Waals surface area contributed by atoms with Crippen LogP contribution in [0.5, 0.6) is 0 Å². The van der Waals surface area contributed by atoms with Crippen LogP contribution >= 0.6 is 0 Å². The van der Waals surface area contributed by atoms with Crippen LogP contribution in [-0.4, -0.2) is 30.1 Å². The molecule has 0 aromatic carbocycles. The number of likely N-dealkylation sites (tertiary alicyclic amines) is 1. The number of nitrogens with zero attached hydrogens (tertiary/aromatic N) is 2. The average Bonchev–Trinajstić information content (AvgIpc) is 2.01. The molecule has 1 saturated heterocycles. The van der Waals surface area contributed by atoms with Gasteiger partial charge in [0, 0.05) is 19.1 Å². The van der Waals surface area contributed by atoms with Gasteiger partial charge in [0.05, 0.1) is 12.1 Å². The lowest BCUT2D eigenvalue weighted by Gasteiger charge is -2.36. The minimum Gasteiger partial charge on any atom is -0.327 e. The summed E-state index contributed by atoms with van der Waals surface area (Å²) in [6.45, 7) is 6.02. The van der Waals surface area contributed by atoms with Crippen molar-refractivity contribution in [1.29, 1.82) is 5.26 Å². The number of nitriles is 1. The molecule has 3 nitrogen and oxygen atoms in total. The molecule has 2 N–H and O–H groups in total. The maximum atomic E-state index is 8.73. The van der Waals surface area contributed by atoms with Crippen molar-refractivity contribution in [3.8, 4) is 6.07 Å². The van der Waals surface area contributed by atoms with Crippen LogP contribution in [0.25, 0.3) is 0 Å². The van der Waals surface area contributed by atoms with E-state index in [0.29, 0.717) is 5.92 Å². The number of hydrogen-bond acceptors (Lipinski definition) is 3. The number of nitrogens with two attached hydrogens (primary N) is 1. The van der Waals surface area contributed by atoms with Gasteiger partial charge in [-0.05, 0) is 19.3 Å². The van der Waals surface area contributed by atoms with Crippen LogP contribution < -0.4 is 5.73 Å². The van der Waals surface area contributed by atoms with Crippen LogP contribution in [0.2, 0.25) is 0 Å². The SMILES string of the molecule is CC1CC(N)CN(C(C)C#N)C1. The molecule has 0 saturated carbocycles. The molecule has 1 aliphatic heterocycles. The van der Waals surface area contributed by atoms with Crippen LogP contribution in [0.4, 0.5) is 0 Å². The minimum atomic E-state index is 0.0128. The molecule has 12 heavy (non-hydrogen) atoms. The molecule has 0 amide bonds. The standard InChI is InChI=1S/C9H17N3/c1-7-3-9(11)6-12(5-7)8(2)4-10/h7-9H,3,5-6,11H2,1-2H3. The predicted octanol–water partition coefficient (Wildman–Crippen LogP) is 0.568. The molecule has 1 heterocycles. The predicted molar refractivity (Wildman–Crippen MR) is 48.4 cm³/mol. The number of hydrogen-bond donors (Lipinski definition) is 1. The largest absolute Gasteiger partial charge is 0.327 e. The third-order valence-electron chi connectivity index (χ3n) is 2.45. The van der Waals surface area contributed by atoms with E-state index < -0.39 is 0 Å². The molecule has 3 unspecified atom stereocenters. The van der Waals surface area contributed by atoms with Crippen LogP contribution in [0.1, 0.15) is 20.3 Å². The normalized spacial score (nSPS) is 34.2. The fourth-order valence-corrected chi connectivity index (χ4v) is 1.84. The van der Waals surface area contributed by atoms with E-state index >= 15 is 0 Å². The second-order valence-electron chi connectivity index (χ2n) is 3.86. The van der Waals surface area contributed by atoms with Crippen molar-refractivity contribution in [2.45, 2.75) is 32.4 Å². The van der Waals surface area contributed by atoms with Crippen LogP contribution in [0.3, 0.4) is 0 Å². The first-order valence-corrected chi connectivity index (χ1v) is 4.52. The molecule has 1 aliphatic rings. The maximum absolute atomic E-state index is 8.73. The van der Waals surface area contributed by atoms with Crippen molar-refractivity contribution in [2.75, 3.05) is 13.1 Å². The Labute approximate surface area is 74.1 Å². The van der Waals surface area contributed by atoms with Gasteiger partial charge in [-0.1, -0.05) is 6.92 Å². The zero-order valence-corrected chi connectivity index (χ0v) is 7.83. The lowest BCUT2D eigenvalue weighted by atomic mass is 9.96. The van der Waals surface area contributed by atoms with E-state index in [9.17, 15) is 0 Å². The Morgan fingerprint density at radius 3 is 2.75 bits per heavy atom. The summed E-state index contributed by atoms with van der Waals surface area (Å²) in [7, 11) is 0. The molecule has 3 heteroatoms. The smallest absolute Gasteiger partial charge is 0.0949 e.